The third-order valence-electron chi connectivity index (χ3n) is 2.92. The molecule has 0 saturated carbocycles. The third kappa shape index (κ3) is 4.95. The van der Waals surface area contributed by atoms with E-state index < -0.39 is 0 Å². The van der Waals surface area contributed by atoms with Gasteiger partial charge in [-0.1, -0.05) is 50.6 Å². The molecule has 1 heteroatoms. The molecule has 1 nitrogen and oxygen atoms in total. The highest BCUT2D eigenvalue weighted by atomic mass is 16.5. The first-order valence-electron chi connectivity index (χ1n) is 7.06. The molecule has 0 aliphatic rings. The van der Waals surface area contributed by atoms with E-state index in [4.69, 9.17) is 4.74 Å². The molecule has 0 N–H and O–H groups in total. The van der Waals surface area contributed by atoms with Crippen LogP contribution in [0, 0.1) is 12.8 Å². The van der Waals surface area contributed by atoms with Crippen molar-refractivity contribution in [3.8, 4) is 5.75 Å². The molecular weight excluding hydrogens is 220 g/mol. The molecule has 0 heterocycles. The number of benzene rings is 1. The summed E-state index contributed by atoms with van der Waals surface area (Å²) in [5.74, 6) is 1.62. The van der Waals surface area contributed by atoms with Crippen LogP contribution in [0.2, 0.25) is 0 Å². The Bertz CT molecular complexity index is 379. The Balaban J connectivity index is 2.77. The van der Waals surface area contributed by atoms with E-state index in [1.807, 2.05) is 0 Å². The van der Waals surface area contributed by atoms with E-state index in [1.165, 1.54) is 11.1 Å². The molecule has 1 aromatic carbocycles. The van der Waals surface area contributed by atoms with E-state index in [1.54, 1.807) is 0 Å². The lowest BCUT2D eigenvalue weighted by molar-refractivity contribution is 0.313. The van der Waals surface area contributed by atoms with Crippen LogP contribution in [0.25, 0.3) is 0 Å². The van der Waals surface area contributed by atoms with Crippen LogP contribution in [-0.2, 0) is 6.42 Å². The maximum Gasteiger partial charge on any atom is 0.122 e. The van der Waals surface area contributed by atoms with Crippen LogP contribution in [0.5, 0.6) is 5.75 Å². The fourth-order valence-corrected chi connectivity index (χ4v) is 2.00. The predicted octanol–water partition coefficient (Wildman–Crippen LogP) is 4.93. The first-order chi connectivity index (χ1) is 8.67. The second-order valence-corrected chi connectivity index (χ2v) is 4.98. The van der Waals surface area contributed by atoms with Crippen molar-refractivity contribution in [2.75, 3.05) is 6.61 Å². The van der Waals surface area contributed by atoms with Crippen molar-refractivity contribution in [2.24, 2.45) is 5.92 Å². The first kappa shape index (κ1) is 14.8. The Morgan fingerprint density at radius 3 is 2.72 bits per heavy atom. The molecule has 1 atom stereocenters. The van der Waals surface area contributed by atoms with Gasteiger partial charge in [0.2, 0.25) is 0 Å². The quantitative estimate of drug-likeness (QED) is 0.620. The Morgan fingerprint density at radius 2 is 2.06 bits per heavy atom. The topological polar surface area (TPSA) is 9.23 Å². The minimum atomic E-state index is 0.565. The van der Waals surface area contributed by atoms with Gasteiger partial charge in [-0.3, -0.25) is 0 Å². The normalized spacial score (nSPS) is 12.9. The smallest absolute Gasteiger partial charge is 0.122 e. The lowest BCUT2D eigenvalue weighted by Gasteiger charge is -2.14. The number of allylic oxidation sites excluding steroid dienone is 2. The molecule has 0 aliphatic carbocycles. The molecular formula is C17H26O. The molecule has 0 radical (unpaired) electrons. The van der Waals surface area contributed by atoms with Crippen LogP contribution < -0.4 is 4.74 Å². The van der Waals surface area contributed by atoms with Crippen LogP contribution >= 0.6 is 0 Å². The molecule has 0 bridgehead atoms. The summed E-state index contributed by atoms with van der Waals surface area (Å²) in [5, 5.41) is 0. The fraction of sp³-hybridized carbons (Fsp3) is 0.529. The van der Waals surface area contributed by atoms with Crippen LogP contribution in [0.15, 0.2) is 30.4 Å². The number of aryl methyl sites for hydroxylation is 1. The summed E-state index contributed by atoms with van der Waals surface area (Å²) >= 11 is 0. The summed E-state index contributed by atoms with van der Waals surface area (Å²) in [6, 6.07) is 6.49. The van der Waals surface area contributed by atoms with E-state index in [-0.39, 0.29) is 0 Å². The standard InChI is InChI=1S/C17H26O/c1-5-7-8-14(3)12-16-13-15(4)9-10-17(16)18-11-6-2/h7-10,13-14H,5-6,11-12H2,1-4H3/b8-7-. The first-order valence-corrected chi connectivity index (χ1v) is 7.06. The van der Waals surface area contributed by atoms with Crippen molar-refractivity contribution in [1.29, 1.82) is 0 Å². The average Bonchev–Trinajstić information content (AvgIpc) is 2.35. The maximum absolute atomic E-state index is 5.82. The summed E-state index contributed by atoms with van der Waals surface area (Å²) in [6.07, 6.45) is 7.76. The van der Waals surface area contributed by atoms with Crippen molar-refractivity contribution >= 4 is 0 Å². The zero-order valence-electron chi connectivity index (χ0n) is 12.2. The van der Waals surface area contributed by atoms with Gasteiger partial charge in [-0.25, -0.2) is 0 Å². The number of hydrogen-bond acceptors (Lipinski definition) is 1. The minimum Gasteiger partial charge on any atom is -0.493 e. The second kappa shape index (κ2) is 7.97. The van der Waals surface area contributed by atoms with Gasteiger partial charge in [0.15, 0.2) is 0 Å². The Kier molecular flexibility index (Phi) is 6.56. The van der Waals surface area contributed by atoms with Gasteiger partial charge >= 0.3 is 0 Å². The van der Waals surface area contributed by atoms with Crippen molar-refractivity contribution in [2.45, 2.75) is 47.0 Å². The number of hydrogen-bond donors (Lipinski definition) is 0. The molecule has 0 spiro atoms. The van der Waals surface area contributed by atoms with E-state index in [2.05, 4.69) is 58.0 Å². The Labute approximate surface area is 112 Å². The summed E-state index contributed by atoms with van der Waals surface area (Å²) < 4.78 is 5.82. The zero-order chi connectivity index (χ0) is 13.4. The molecule has 18 heavy (non-hydrogen) atoms. The van der Waals surface area contributed by atoms with Gasteiger partial charge in [0.25, 0.3) is 0 Å². The molecule has 1 unspecified atom stereocenters. The SMILES string of the molecule is CC/C=C\C(C)Cc1cc(C)ccc1OCCC. The van der Waals surface area contributed by atoms with Gasteiger partial charge in [0.05, 0.1) is 6.61 Å². The van der Waals surface area contributed by atoms with Crippen molar-refractivity contribution in [3.05, 3.63) is 41.5 Å². The molecule has 0 aliphatic heterocycles. The summed E-state index contributed by atoms with van der Waals surface area (Å²) in [4.78, 5) is 0. The van der Waals surface area contributed by atoms with Crippen molar-refractivity contribution in [3.63, 3.8) is 0 Å². The molecule has 0 amide bonds. The van der Waals surface area contributed by atoms with E-state index in [0.717, 1.165) is 31.6 Å². The number of rotatable bonds is 7. The van der Waals surface area contributed by atoms with Gasteiger partial charge in [0.1, 0.15) is 5.75 Å². The van der Waals surface area contributed by atoms with Crippen LogP contribution in [0.1, 0.15) is 44.7 Å². The Morgan fingerprint density at radius 1 is 1.28 bits per heavy atom. The van der Waals surface area contributed by atoms with Crippen LogP contribution in [0.3, 0.4) is 0 Å². The van der Waals surface area contributed by atoms with E-state index in [0.29, 0.717) is 5.92 Å². The van der Waals surface area contributed by atoms with Crippen molar-refractivity contribution in [1.82, 2.24) is 0 Å². The second-order valence-electron chi connectivity index (χ2n) is 4.98. The predicted molar refractivity (Wildman–Crippen MR) is 79.3 cm³/mol. The highest BCUT2D eigenvalue weighted by Crippen LogP contribution is 2.23. The highest BCUT2D eigenvalue weighted by Gasteiger charge is 2.07. The minimum absolute atomic E-state index is 0.565. The summed E-state index contributed by atoms with van der Waals surface area (Å²) in [6.45, 7) is 9.51. The molecule has 0 fully saturated rings. The van der Waals surface area contributed by atoms with Gasteiger partial charge < -0.3 is 4.74 Å². The monoisotopic (exact) mass is 246 g/mol. The molecule has 0 aromatic heterocycles. The maximum atomic E-state index is 5.82. The molecule has 1 rings (SSSR count). The largest absolute Gasteiger partial charge is 0.493 e. The fourth-order valence-electron chi connectivity index (χ4n) is 2.00. The molecule has 100 valence electrons. The lowest BCUT2D eigenvalue weighted by Crippen LogP contribution is -2.03. The van der Waals surface area contributed by atoms with Gasteiger partial charge in [-0.2, -0.15) is 0 Å². The highest BCUT2D eigenvalue weighted by molar-refractivity contribution is 5.37. The summed E-state index contributed by atoms with van der Waals surface area (Å²) in [7, 11) is 0. The molecule has 0 saturated heterocycles. The summed E-state index contributed by atoms with van der Waals surface area (Å²) in [5.41, 5.74) is 2.64. The zero-order valence-corrected chi connectivity index (χ0v) is 12.2. The number of ether oxygens (including phenoxy) is 1. The van der Waals surface area contributed by atoms with Crippen molar-refractivity contribution < 1.29 is 4.74 Å². The van der Waals surface area contributed by atoms with E-state index >= 15 is 0 Å². The van der Waals surface area contributed by atoms with Gasteiger partial charge in [-0.05, 0) is 43.7 Å². The van der Waals surface area contributed by atoms with Crippen LogP contribution in [-0.4, -0.2) is 6.61 Å². The van der Waals surface area contributed by atoms with Gasteiger partial charge in [-0.15, -0.1) is 0 Å². The Hall–Kier alpha value is -1.24. The third-order valence-corrected chi connectivity index (χ3v) is 2.92. The average molecular weight is 246 g/mol. The van der Waals surface area contributed by atoms with Crippen LogP contribution in [0.4, 0.5) is 0 Å². The van der Waals surface area contributed by atoms with Gasteiger partial charge in [0, 0.05) is 0 Å². The van der Waals surface area contributed by atoms with E-state index in [9.17, 15) is 0 Å². The molecule has 1 aromatic rings. The lowest BCUT2D eigenvalue weighted by atomic mass is 9.98.